The van der Waals surface area contributed by atoms with Crippen molar-refractivity contribution < 1.29 is 22.7 Å². The highest BCUT2D eigenvalue weighted by Crippen LogP contribution is 2.44. The summed E-state index contributed by atoms with van der Waals surface area (Å²) in [5.41, 5.74) is 1.37. The summed E-state index contributed by atoms with van der Waals surface area (Å²) in [6, 6.07) is 3.53. The highest BCUT2D eigenvalue weighted by Gasteiger charge is 2.30. The number of hydrogen-bond donors (Lipinski definition) is 4. The third-order valence-electron chi connectivity index (χ3n) is 6.05. The summed E-state index contributed by atoms with van der Waals surface area (Å²) in [5, 5.41) is 12.2. The van der Waals surface area contributed by atoms with E-state index in [-0.39, 0.29) is 46.5 Å². The molecule has 0 aliphatic heterocycles. The van der Waals surface area contributed by atoms with Crippen molar-refractivity contribution in [2.75, 3.05) is 29.4 Å². The molecule has 1 saturated carbocycles. The van der Waals surface area contributed by atoms with E-state index in [1.54, 1.807) is 13.0 Å². The van der Waals surface area contributed by atoms with Gasteiger partial charge in [-0.2, -0.15) is 0 Å². The number of rotatable bonds is 10. The number of imidazole rings is 1. The second-order valence-corrected chi connectivity index (χ2v) is 11.2. The van der Waals surface area contributed by atoms with E-state index in [0.29, 0.717) is 22.9 Å². The average molecular weight is 552 g/mol. The first kappa shape index (κ1) is 26.6. The number of nitrogens with zero attached hydrogens (tertiary/aromatic N) is 4. The minimum atomic E-state index is -3.70. The standard InChI is InChI=1S/C23H27ClFN7O4S/c1-4-37(35,36)31-17-10-14(25)9-15(18(17)24)19-20(30-21(29-19)13-5-6-13)16-7-8-26-22(28-16)27-11-12(2)32(3)23(33)34/h7-10,12-13,31H,4-6,11H2,1-3H3,(H,29,30)(H,33,34)(H,26,27,28)/t12-/m0/s1. The predicted octanol–water partition coefficient (Wildman–Crippen LogP) is 4.38. The zero-order chi connectivity index (χ0) is 26.9. The van der Waals surface area contributed by atoms with Crippen LogP contribution in [0.25, 0.3) is 22.6 Å². The minimum absolute atomic E-state index is 0.00598. The lowest BCUT2D eigenvalue weighted by Crippen LogP contribution is -2.38. The van der Waals surface area contributed by atoms with Gasteiger partial charge in [0, 0.05) is 37.3 Å². The van der Waals surface area contributed by atoms with Crippen molar-refractivity contribution in [2.24, 2.45) is 0 Å². The number of carbonyl (C=O) groups is 1. The number of H-pyrrole nitrogens is 1. The monoisotopic (exact) mass is 551 g/mol. The number of halogens is 2. The first-order valence-electron chi connectivity index (χ1n) is 11.6. The number of carboxylic acid groups (broad SMARTS) is 1. The van der Waals surface area contributed by atoms with E-state index < -0.39 is 21.9 Å². The first-order chi connectivity index (χ1) is 17.5. The third kappa shape index (κ3) is 6.10. The number of aromatic nitrogens is 4. The van der Waals surface area contributed by atoms with Crippen molar-refractivity contribution >= 4 is 39.4 Å². The number of amides is 1. The molecule has 3 aromatic rings. The number of likely N-dealkylation sites (N-methyl/N-ethyl adjacent to an activating group) is 1. The van der Waals surface area contributed by atoms with Gasteiger partial charge in [0.05, 0.1) is 33.5 Å². The van der Waals surface area contributed by atoms with E-state index in [0.717, 1.165) is 18.9 Å². The number of benzene rings is 1. The predicted molar refractivity (Wildman–Crippen MR) is 139 cm³/mol. The van der Waals surface area contributed by atoms with E-state index >= 15 is 0 Å². The van der Waals surface area contributed by atoms with Gasteiger partial charge in [0.2, 0.25) is 16.0 Å². The summed E-state index contributed by atoms with van der Waals surface area (Å²) < 4.78 is 41.2. The van der Waals surface area contributed by atoms with Crippen LogP contribution in [0, 0.1) is 5.82 Å². The summed E-state index contributed by atoms with van der Waals surface area (Å²) in [4.78, 5) is 29.1. The van der Waals surface area contributed by atoms with E-state index in [9.17, 15) is 17.6 Å². The lowest BCUT2D eigenvalue weighted by atomic mass is 10.1. The molecule has 1 fully saturated rings. The van der Waals surface area contributed by atoms with Crippen LogP contribution < -0.4 is 10.0 Å². The van der Waals surface area contributed by atoms with Gasteiger partial charge < -0.3 is 20.3 Å². The molecule has 1 aliphatic rings. The summed E-state index contributed by atoms with van der Waals surface area (Å²) in [6.07, 6.45) is 2.39. The van der Waals surface area contributed by atoms with Crippen molar-refractivity contribution in [2.45, 2.75) is 38.6 Å². The Hall–Kier alpha value is -3.45. The fourth-order valence-electron chi connectivity index (χ4n) is 3.55. The van der Waals surface area contributed by atoms with E-state index in [1.807, 2.05) is 0 Å². The molecule has 1 aromatic carbocycles. The smallest absolute Gasteiger partial charge is 0.407 e. The second kappa shape index (κ2) is 10.5. The zero-order valence-electron chi connectivity index (χ0n) is 20.4. The van der Waals surface area contributed by atoms with Crippen LogP contribution >= 0.6 is 11.6 Å². The van der Waals surface area contributed by atoms with Gasteiger partial charge in [0.1, 0.15) is 11.6 Å². The highest BCUT2D eigenvalue weighted by molar-refractivity contribution is 7.92. The van der Waals surface area contributed by atoms with Gasteiger partial charge in [-0.25, -0.2) is 32.6 Å². The molecule has 4 rings (SSSR count). The number of anilines is 2. The number of sulfonamides is 1. The molecule has 1 amide bonds. The molecule has 0 bridgehead atoms. The van der Waals surface area contributed by atoms with Gasteiger partial charge >= 0.3 is 6.09 Å². The molecule has 0 saturated heterocycles. The normalized spacial score (nSPS) is 14.3. The first-order valence-corrected chi connectivity index (χ1v) is 13.6. The Labute approximate surface area is 218 Å². The quantitative estimate of drug-likeness (QED) is 0.289. The Bertz CT molecular complexity index is 1430. The average Bonchev–Trinajstić information content (AvgIpc) is 3.62. The molecular weight excluding hydrogens is 525 g/mol. The lowest BCUT2D eigenvalue weighted by molar-refractivity contribution is 0.144. The van der Waals surface area contributed by atoms with Crippen molar-refractivity contribution in [1.29, 1.82) is 0 Å². The molecule has 1 atom stereocenters. The number of hydrogen-bond acceptors (Lipinski definition) is 7. The van der Waals surface area contributed by atoms with Crippen LogP contribution in [0.1, 0.15) is 38.4 Å². The SMILES string of the molecule is CCS(=O)(=O)Nc1cc(F)cc(-c2nc(C3CC3)[nH]c2-c2ccnc(NC[C@H](C)N(C)C(=O)O)n2)c1Cl. The molecule has 11 nitrogen and oxygen atoms in total. The minimum Gasteiger partial charge on any atom is -0.465 e. The summed E-state index contributed by atoms with van der Waals surface area (Å²) in [7, 11) is -2.23. The maximum absolute atomic E-state index is 14.6. The van der Waals surface area contributed by atoms with Crippen molar-refractivity contribution in [3.05, 3.63) is 41.1 Å². The van der Waals surface area contributed by atoms with Gasteiger partial charge in [-0.1, -0.05) is 11.6 Å². The summed E-state index contributed by atoms with van der Waals surface area (Å²) >= 11 is 6.57. The Morgan fingerprint density at radius 2 is 2.08 bits per heavy atom. The molecule has 2 aromatic heterocycles. The van der Waals surface area contributed by atoms with Crippen LogP contribution in [0.2, 0.25) is 5.02 Å². The second-order valence-electron chi connectivity index (χ2n) is 8.83. The molecule has 1 aliphatic carbocycles. The molecule has 4 N–H and O–H groups in total. The molecule has 0 spiro atoms. The van der Waals surface area contributed by atoms with Gasteiger partial charge in [0.15, 0.2) is 0 Å². The van der Waals surface area contributed by atoms with Crippen molar-refractivity contribution in [3.8, 4) is 22.6 Å². The van der Waals surface area contributed by atoms with Crippen LogP contribution in [-0.2, 0) is 10.0 Å². The molecule has 14 heteroatoms. The van der Waals surface area contributed by atoms with Crippen LogP contribution in [-0.4, -0.2) is 69.8 Å². The molecule has 0 radical (unpaired) electrons. The number of nitrogens with one attached hydrogen (secondary N) is 3. The van der Waals surface area contributed by atoms with Crippen LogP contribution in [0.3, 0.4) is 0 Å². The van der Waals surface area contributed by atoms with Gasteiger partial charge in [-0.15, -0.1) is 0 Å². The fraction of sp³-hybridized carbons (Fsp3) is 0.391. The maximum Gasteiger partial charge on any atom is 0.407 e. The summed E-state index contributed by atoms with van der Waals surface area (Å²) in [5.74, 6) is 0.303. The molecule has 2 heterocycles. The topological polar surface area (TPSA) is 153 Å². The van der Waals surface area contributed by atoms with Gasteiger partial charge in [-0.3, -0.25) is 4.72 Å². The number of aromatic amines is 1. The molecule has 37 heavy (non-hydrogen) atoms. The lowest BCUT2D eigenvalue weighted by Gasteiger charge is -2.21. The van der Waals surface area contributed by atoms with E-state index in [1.165, 1.54) is 31.1 Å². The van der Waals surface area contributed by atoms with Gasteiger partial charge in [0.25, 0.3) is 0 Å². The largest absolute Gasteiger partial charge is 0.465 e. The van der Waals surface area contributed by atoms with Gasteiger partial charge in [-0.05, 0) is 44.9 Å². The maximum atomic E-state index is 14.6. The zero-order valence-corrected chi connectivity index (χ0v) is 22.0. The third-order valence-corrected chi connectivity index (χ3v) is 7.75. The van der Waals surface area contributed by atoms with Crippen molar-refractivity contribution in [3.63, 3.8) is 0 Å². The van der Waals surface area contributed by atoms with E-state index in [4.69, 9.17) is 16.7 Å². The van der Waals surface area contributed by atoms with Crippen LogP contribution in [0.4, 0.5) is 20.8 Å². The Morgan fingerprint density at radius 1 is 1.35 bits per heavy atom. The molecule has 0 unspecified atom stereocenters. The summed E-state index contributed by atoms with van der Waals surface area (Å²) in [6.45, 7) is 3.48. The van der Waals surface area contributed by atoms with Crippen molar-refractivity contribution in [1.82, 2.24) is 24.8 Å². The molecule has 198 valence electrons. The molecular formula is C23H27ClFN7O4S. The van der Waals surface area contributed by atoms with Crippen LogP contribution in [0.5, 0.6) is 0 Å². The Kier molecular flexibility index (Phi) is 7.55. The Balaban J connectivity index is 1.72. The highest BCUT2D eigenvalue weighted by atomic mass is 35.5. The van der Waals surface area contributed by atoms with Crippen LogP contribution in [0.15, 0.2) is 24.4 Å². The fourth-order valence-corrected chi connectivity index (χ4v) is 4.49. The Morgan fingerprint density at radius 3 is 2.73 bits per heavy atom. The van der Waals surface area contributed by atoms with E-state index in [2.05, 4.69) is 30.0 Å².